The maximum absolute atomic E-state index is 8.83. The summed E-state index contributed by atoms with van der Waals surface area (Å²) in [6.07, 6.45) is 0. The third-order valence-corrected chi connectivity index (χ3v) is 3.52. The van der Waals surface area contributed by atoms with Crippen molar-refractivity contribution >= 4 is 11.8 Å². The van der Waals surface area contributed by atoms with Crippen LogP contribution in [0.25, 0.3) is 0 Å². The van der Waals surface area contributed by atoms with E-state index in [1.54, 1.807) is 11.8 Å². The quantitative estimate of drug-likeness (QED) is 0.751. The van der Waals surface area contributed by atoms with Gasteiger partial charge in [-0.05, 0) is 36.8 Å². The highest BCUT2D eigenvalue weighted by Crippen LogP contribution is 2.23. The molecule has 2 heteroatoms. The van der Waals surface area contributed by atoms with Crippen molar-refractivity contribution in [2.75, 3.05) is 0 Å². The van der Waals surface area contributed by atoms with Crippen LogP contribution in [0, 0.1) is 18.3 Å². The zero-order chi connectivity index (χ0) is 12.1. The van der Waals surface area contributed by atoms with E-state index >= 15 is 0 Å². The number of aryl methyl sites for hydroxylation is 1. The average Bonchev–Trinajstić information content (AvgIpc) is 2.37. The van der Waals surface area contributed by atoms with Crippen LogP contribution in [0.2, 0.25) is 0 Å². The molecule has 0 bridgehead atoms. The summed E-state index contributed by atoms with van der Waals surface area (Å²) in [6.45, 7) is 2.10. The van der Waals surface area contributed by atoms with Crippen LogP contribution in [-0.2, 0) is 5.75 Å². The molecule has 0 spiro atoms. The normalized spacial score (nSPS) is 9.88. The first kappa shape index (κ1) is 11.8. The number of benzene rings is 2. The van der Waals surface area contributed by atoms with Gasteiger partial charge < -0.3 is 0 Å². The van der Waals surface area contributed by atoms with Crippen molar-refractivity contribution in [2.45, 2.75) is 17.6 Å². The lowest BCUT2D eigenvalue weighted by molar-refractivity contribution is 1.33. The van der Waals surface area contributed by atoms with Gasteiger partial charge in [0.25, 0.3) is 0 Å². The number of hydrogen-bond donors (Lipinski definition) is 0. The van der Waals surface area contributed by atoms with Crippen LogP contribution in [0.5, 0.6) is 0 Å². The smallest absolute Gasteiger partial charge is 0.0991 e. The van der Waals surface area contributed by atoms with Gasteiger partial charge in [0.15, 0.2) is 0 Å². The second-order valence-electron chi connectivity index (χ2n) is 3.92. The van der Waals surface area contributed by atoms with Gasteiger partial charge in [-0.2, -0.15) is 5.26 Å². The summed E-state index contributed by atoms with van der Waals surface area (Å²) in [7, 11) is 0. The number of thioether (sulfide) groups is 1. The van der Waals surface area contributed by atoms with Gasteiger partial charge in [-0.15, -0.1) is 11.8 Å². The molecule has 0 aromatic heterocycles. The second-order valence-corrected chi connectivity index (χ2v) is 4.97. The van der Waals surface area contributed by atoms with Gasteiger partial charge in [0.05, 0.1) is 11.6 Å². The molecule has 0 aliphatic carbocycles. The lowest BCUT2D eigenvalue weighted by atomic mass is 10.2. The fourth-order valence-corrected chi connectivity index (χ4v) is 2.56. The standard InChI is InChI=1S/C15H13NS/c1-12-4-2-7-15(8-12)17-11-14-6-3-5-13(9-14)10-16/h2-9H,11H2,1H3. The molecule has 2 aromatic rings. The second kappa shape index (κ2) is 5.56. The lowest BCUT2D eigenvalue weighted by Crippen LogP contribution is -1.83. The summed E-state index contributed by atoms with van der Waals surface area (Å²) in [6, 6.07) is 18.4. The van der Waals surface area contributed by atoms with Crippen LogP contribution in [0.1, 0.15) is 16.7 Å². The minimum atomic E-state index is 0.729. The molecular formula is C15H13NS. The van der Waals surface area contributed by atoms with Crippen molar-refractivity contribution in [1.82, 2.24) is 0 Å². The maximum atomic E-state index is 8.83. The first-order chi connectivity index (χ1) is 8.28. The van der Waals surface area contributed by atoms with Crippen molar-refractivity contribution in [3.63, 3.8) is 0 Å². The number of nitrogens with zero attached hydrogens (tertiary/aromatic N) is 1. The Balaban J connectivity index is 2.05. The fraction of sp³-hybridized carbons (Fsp3) is 0.133. The summed E-state index contributed by atoms with van der Waals surface area (Å²) >= 11 is 1.80. The fourth-order valence-electron chi connectivity index (χ4n) is 1.60. The Bertz CT molecular complexity index is 555. The Kier molecular flexibility index (Phi) is 3.85. The van der Waals surface area contributed by atoms with E-state index in [1.807, 2.05) is 18.2 Å². The zero-order valence-electron chi connectivity index (χ0n) is 9.68. The van der Waals surface area contributed by atoms with E-state index in [9.17, 15) is 0 Å². The van der Waals surface area contributed by atoms with E-state index in [-0.39, 0.29) is 0 Å². The van der Waals surface area contributed by atoms with Crippen molar-refractivity contribution in [3.05, 3.63) is 65.2 Å². The molecule has 0 heterocycles. The van der Waals surface area contributed by atoms with Gasteiger partial charge in [0.2, 0.25) is 0 Å². The Morgan fingerprint density at radius 1 is 1.12 bits per heavy atom. The zero-order valence-corrected chi connectivity index (χ0v) is 10.5. The van der Waals surface area contributed by atoms with Crippen LogP contribution >= 0.6 is 11.8 Å². The third kappa shape index (κ3) is 3.37. The largest absolute Gasteiger partial charge is 0.192 e. The molecule has 0 amide bonds. The summed E-state index contributed by atoms with van der Waals surface area (Å²) in [5.74, 6) is 0.902. The van der Waals surface area contributed by atoms with E-state index in [0.717, 1.165) is 11.3 Å². The van der Waals surface area contributed by atoms with E-state index in [4.69, 9.17) is 5.26 Å². The highest BCUT2D eigenvalue weighted by Gasteiger charge is 1.98. The van der Waals surface area contributed by atoms with E-state index in [0.29, 0.717) is 0 Å². The topological polar surface area (TPSA) is 23.8 Å². The molecular weight excluding hydrogens is 226 g/mol. The predicted molar refractivity (Wildman–Crippen MR) is 71.9 cm³/mol. The summed E-state index contributed by atoms with van der Waals surface area (Å²) in [5.41, 5.74) is 3.20. The van der Waals surface area contributed by atoms with Crippen molar-refractivity contribution in [1.29, 1.82) is 5.26 Å². The van der Waals surface area contributed by atoms with Gasteiger partial charge in [-0.1, -0.05) is 29.8 Å². The summed E-state index contributed by atoms with van der Waals surface area (Å²) in [5, 5.41) is 8.83. The maximum Gasteiger partial charge on any atom is 0.0991 e. The molecule has 2 rings (SSSR count). The van der Waals surface area contributed by atoms with Gasteiger partial charge in [-0.25, -0.2) is 0 Å². The van der Waals surface area contributed by atoms with Crippen molar-refractivity contribution in [2.24, 2.45) is 0 Å². The first-order valence-electron chi connectivity index (χ1n) is 5.46. The molecule has 1 nitrogen and oxygen atoms in total. The van der Waals surface area contributed by atoms with Crippen molar-refractivity contribution in [3.8, 4) is 6.07 Å². The Labute approximate surface area is 106 Å². The molecule has 0 atom stereocenters. The molecule has 2 aromatic carbocycles. The average molecular weight is 239 g/mol. The molecule has 0 N–H and O–H groups in total. The molecule has 0 aliphatic heterocycles. The Hall–Kier alpha value is -1.72. The molecule has 0 aliphatic rings. The predicted octanol–water partition coefficient (Wildman–Crippen LogP) is 4.16. The Morgan fingerprint density at radius 3 is 2.71 bits per heavy atom. The van der Waals surface area contributed by atoms with Crippen LogP contribution in [0.15, 0.2) is 53.4 Å². The Morgan fingerprint density at radius 2 is 1.94 bits per heavy atom. The van der Waals surface area contributed by atoms with Crippen molar-refractivity contribution < 1.29 is 0 Å². The van der Waals surface area contributed by atoms with Gasteiger partial charge in [0, 0.05) is 10.6 Å². The van der Waals surface area contributed by atoms with E-state index < -0.39 is 0 Å². The number of rotatable bonds is 3. The highest BCUT2D eigenvalue weighted by atomic mass is 32.2. The van der Waals surface area contributed by atoms with Crippen LogP contribution in [-0.4, -0.2) is 0 Å². The molecule has 0 fully saturated rings. The number of hydrogen-bond acceptors (Lipinski definition) is 2. The van der Waals surface area contributed by atoms with E-state index in [1.165, 1.54) is 16.0 Å². The van der Waals surface area contributed by atoms with Crippen LogP contribution in [0.4, 0.5) is 0 Å². The van der Waals surface area contributed by atoms with Gasteiger partial charge in [-0.3, -0.25) is 0 Å². The molecule has 0 saturated heterocycles. The third-order valence-electron chi connectivity index (χ3n) is 2.45. The molecule has 0 saturated carbocycles. The van der Waals surface area contributed by atoms with Gasteiger partial charge in [0.1, 0.15) is 0 Å². The van der Waals surface area contributed by atoms with Crippen LogP contribution < -0.4 is 0 Å². The van der Waals surface area contributed by atoms with E-state index in [2.05, 4.69) is 43.3 Å². The summed E-state index contributed by atoms with van der Waals surface area (Å²) < 4.78 is 0. The molecule has 84 valence electrons. The summed E-state index contributed by atoms with van der Waals surface area (Å²) in [4.78, 5) is 1.27. The first-order valence-corrected chi connectivity index (χ1v) is 6.45. The van der Waals surface area contributed by atoms with Crippen LogP contribution in [0.3, 0.4) is 0 Å². The molecule has 17 heavy (non-hydrogen) atoms. The highest BCUT2D eigenvalue weighted by molar-refractivity contribution is 7.98. The van der Waals surface area contributed by atoms with Gasteiger partial charge >= 0.3 is 0 Å². The molecule has 0 unspecified atom stereocenters. The minimum absolute atomic E-state index is 0.729. The molecule has 0 radical (unpaired) electrons. The number of nitriles is 1. The lowest BCUT2D eigenvalue weighted by Gasteiger charge is -2.03. The SMILES string of the molecule is Cc1cccc(SCc2cccc(C#N)c2)c1. The monoisotopic (exact) mass is 239 g/mol. The minimum Gasteiger partial charge on any atom is -0.192 e.